The molecule has 0 fully saturated rings. The van der Waals surface area contributed by atoms with Crippen molar-refractivity contribution in [1.29, 1.82) is 0 Å². The highest BCUT2D eigenvalue weighted by Gasteiger charge is 2.25. The largest absolute Gasteiger partial charge is 0.341 e. The lowest BCUT2D eigenvalue weighted by Gasteiger charge is -2.25. The quantitative estimate of drug-likeness (QED) is 0.634. The Balaban J connectivity index is 2.31. The molecule has 1 aliphatic heterocycles. The van der Waals surface area contributed by atoms with Gasteiger partial charge in [0.25, 0.3) is 0 Å². The molecule has 1 aromatic rings. The molecule has 0 unspecified atom stereocenters. The molecule has 2 nitrogen and oxygen atoms in total. The van der Waals surface area contributed by atoms with Gasteiger partial charge in [0, 0.05) is 12.1 Å². The van der Waals surface area contributed by atoms with E-state index in [1.165, 1.54) is 18.8 Å². The van der Waals surface area contributed by atoms with Crippen molar-refractivity contribution in [3.8, 4) is 0 Å². The average molecular weight is 165 g/mol. The molecule has 2 heterocycles. The Morgan fingerprint density at radius 3 is 3.17 bits per heavy atom. The van der Waals surface area contributed by atoms with Gasteiger partial charge < -0.3 is 9.88 Å². The molecule has 2 heteroatoms. The van der Waals surface area contributed by atoms with Crippen LogP contribution in [0, 0.1) is 5.92 Å². The van der Waals surface area contributed by atoms with Crippen molar-refractivity contribution in [2.75, 3.05) is 6.54 Å². The Bertz CT molecular complexity index is 263. The maximum atomic E-state index is 2.46. The van der Waals surface area contributed by atoms with Gasteiger partial charge in [-0.25, -0.2) is 0 Å². The van der Waals surface area contributed by atoms with Gasteiger partial charge in [-0.15, -0.1) is 0 Å². The van der Waals surface area contributed by atoms with Gasteiger partial charge in [-0.1, -0.05) is 13.8 Å². The lowest BCUT2D eigenvalue weighted by Crippen LogP contribution is -2.88. The Hall–Kier alpha value is -0.760. The number of nitrogens with two attached hydrogens (primary N) is 1. The van der Waals surface area contributed by atoms with E-state index in [9.17, 15) is 0 Å². The van der Waals surface area contributed by atoms with Crippen LogP contribution >= 0.6 is 0 Å². The number of fused-ring (bicyclic) bond motifs is 1. The number of nitrogens with zero attached hydrogens (tertiary/aromatic N) is 1. The summed E-state index contributed by atoms with van der Waals surface area (Å²) in [5.74, 6) is 0.735. The number of quaternary nitrogens is 1. The monoisotopic (exact) mass is 165 g/mol. The van der Waals surface area contributed by atoms with Crippen molar-refractivity contribution >= 4 is 0 Å². The van der Waals surface area contributed by atoms with Crippen LogP contribution in [0.25, 0.3) is 0 Å². The maximum absolute atomic E-state index is 2.46. The zero-order valence-electron chi connectivity index (χ0n) is 7.83. The zero-order chi connectivity index (χ0) is 8.55. The molecule has 0 saturated carbocycles. The summed E-state index contributed by atoms with van der Waals surface area (Å²) in [7, 11) is 0. The van der Waals surface area contributed by atoms with Crippen LogP contribution in [0.3, 0.4) is 0 Å². The molecule has 0 amide bonds. The summed E-state index contributed by atoms with van der Waals surface area (Å²) >= 11 is 0. The zero-order valence-corrected chi connectivity index (χ0v) is 7.83. The standard InChI is InChI=1S/C10H16N2/c1-8(2)10-9-4-3-6-12(9)7-5-11-10/h3-4,6,8,10-11H,5,7H2,1-2H3/p+1/t10-/m1/s1. The molecular weight excluding hydrogens is 148 g/mol. The predicted molar refractivity (Wildman–Crippen MR) is 48.8 cm³/mol. The van der Waals surface area contributed by atoms with E-state index in [1.807, 2.05) is 0 Å². The Morgan fingerprint density at radius 1 is 1.58 bits per heavy atom. The van der Waals surface area contributed by atoms with Crippen LogP contribution in [0.1, 0.15) is 25.6 Å². The molecule has 0 aromatic carbocycles. The van der Waals surface area contributed by atoms with Crippen LogP contribution in [0.2, 0.25) is 0 Å². The molecule has 0 saturated heterocycles. The van der Waals surface area contributed by atoms with Crippen LogP contribution in [0.5, 0.6) is 0 Å². The van der Waals surface area contributed by atoms with Gasteiger partial charge in [0.1, 0.15) is 6.04 Å². The van der Waals surface area contributed by atoms with Gasteiger partial charge in [0.05, 0.1) is 18.8 Å². The maximum Gasteiger partial charge on any atom is 0.129 e. The normalized spacial score (nSPS) is 22.8. The van der Waals surface area contributed by atoms with Crippen molar-refractivity contribution in [1.82, 2.24) is 4.57 Å². The van der Waals surface area contributed by atoms with Gasteiger partial charge in [0.15, 0.2) is 0 Å². The van der Waals surface area contributed by atoms with Crippen LogP contribution in [-0.2, 0) is 6.54 Å². The van der Waals surface area contributed by atoms with Crippen molar-refractivity contribution in [3.05, 3.63) is 24.0 Å². The average Bonchev–Trinajstić information content (AvgIpc) is 2.49. The minimum atomic E-state index is 0.675. The van der Waals surface area contributed by atoms with E-state index in [-0.39, 0.29) is 0 Å². The van der Waals surface area contributed by atoms with E-state index in [2.05, 4.69) is 42.1 Å². The third kappa shape index (κ3) is 1.16. The fourth-order valence-corrected chi connectivity index (χ4v) is 2.06. The molecule has 12 heavy (non-hydrogen) atoms. The second-order valence-electron chi connectivity index (χ2n) is 3.92. The van der Waals surface area contributed by atoms with Crippen molar-refractivity contribution < 1.29 is 5.32 Å². The van der Waals surface area contributed by atoms with Crippen LogP contribution in [0.4, 0.5) is 0 Å². The lowest BCUT2D eigenvalue weighted by atomic mass is 10.00. The Labute approximate surface area is 73.6 Å². The van der Waals surface area contributed by atoms with Crippen LogP contribution < -0.4 is 5.32 Å². The van der Waals surface area contributed by atoms with Crippen molar-refractivity contribution in [2.45, 2.75) is 26.4 Å². The third-order valence-electron chi connectivity index (χ3n) is 2.71. The van der Waals surface area contributed by atoms with Crippen LogP contribution in [0.15, 0.2) is 18.3 Å². The van der Waals surface area contributed by atoms with Gasteiger partial charge >= 0.3 is 0 Å². The van der Waals surface area contributed by atoms with Gasteiger partial charge in [-0.05, 0) is 12.1 Å². The molecule has 0 aliphatic carbocycles. The molecule has 0 radical (unpaired) electrons. The fraction of sp³-hybridized carbons (Fsp3) is 0.600. The smallest absolute Gasteiger partial charge is 0.129 e. The summed E-state index contributed by atoms with van der Waals surface area (Å²) in [6, 6.07) is 5.08. The molecule has 0 spiro atoms. The second kappa shape index (κ2) is 2.94. The fourth-order valence-electron chi connectivity index (χ4n) is 2.06. The highest BCUT2D eigenvalue weighted by molar-refractivity contribution is 5.11. The van der Waals surface area contributed by atoms with Gasteiger partial charge in [-0.3, -0.25) is 0 Å². The molecule has 2 N–H and O–H groups in total. The van der Waals surface area contributed by atoms with Gasteiger partial charge in [-0.2, -0.15) is 0 Å². The van der Waals surface area contributed by atoms with E-state index in [1.54, 1.807) is 0 Å². The second-order valence-corrected chi connectivity index (χ2v) is 3.92. The summed E-state index contributed by atoms with van der Waals surface area (Å²) in [6.07, 6.45) is 2.19. The van der Waals surface area contributed by atoms with E-state index < -0.39 is 0 Å². The highest BCUT2D eigenvalue weighted by Crippen LogP contribution is 2.19. The topological polar surface area (TPSA) is 21.5 Å². The van der Waals surface area contributed by atoms with Crippen LogP contribution in [-0.4, -0.2) is 11.1 Å². The van der Waals surface area contributed by atoms with Crippen molar-refractivity contribution in [2.24, 2.45) is 5.92 Å². The SMILES string of the molecule is CC(C)[C@H]1[NH2+]CCn2cccc21. The first-order valence-corrected chi connectivity index (χ1v) is 4.77. The number of aromatic nitrogens is 1. The molecule has 1 atom stereocenters. The van der Waals surface area contributed by atoms with Crippen molar-refractivity contribution in [3.63, 3.8) is 0 Å². The summed E-state index contributed by atoms with van der Waals surface area (Å²) in [5, 5.41) is 2.46. The first kappa shape index (κ1) is 7.87. The molecule has 1 aromatic heterocycles. The summed E-state index contributed by atoms with van der Waals surface area (Å²) in [6.45, 7) is 6.99. The molecule has 66 valence electrons. The molecule has 2 rings (SSSR count). The molecule has 1 aliphatic rings. The Kier molecular flexibility index (Phi) is 1.93. The predicted octanol–water partition coefficient (Wildman–Crippen LogP) is 0.762. The minimum Gasteiger partial charge on any atom is -0.341 e. The van der Waals surface area contributed by atoms with E-state index in [0.717, 1.165) is 5.92 Å². The number of hydrogen-bond acceptors (Lipinski definition) is 0. The third-order valence-corrected chi connectivity index (χ3v) is 2.71. The molecule has 0 bridgehead atoms. The summed E-state index contributed by atoms with van der Waals surface area (Å²) in [4.78, 5) is 0. The number of hydrogen-bond donors (Lipinski definition) is 1. The van der Waals surface area contributed by atoms with E-state index >= 15 is 0 Å². The minimum absolute atomic E-state index is 0.675. The number of rotatable bonds is 1. The van der Waals surface area contributed by atoms with E-state index in [0.29, 0.717) is 6.04 Å². The van der Waals surface area contributed by atoms with Gasteiger partial charge in [0.2, 0.25) is 0 Å². The first-order chi connectivity index (χ1) is 5.79. The Morgan fingerprint density at radius 2 is 2.42 bits per heavy atom. The summed E-state index contributed by atoms with van der Waals surface area (Å²) in [5.41, 5.74) is 1.50. The first-order valence-electron chi connectivity index (χ1n) is 4.77. The van der Waals surface area contributed by atoms with E-state index in [4.69, 9.17) is 0 Å². The summed E-state index contributed by atoms with van der Waals surface area (Å²) < 4.78 is 2.38. The lowest BCUT2D eigenvalue weighted by molar-refractivity contribution is -0.709. The highest BCUT2D eigenvalue weighted by atomic mass is 15.1. The molecular formula is C10H17N2+.